The van der Waals surface area contributed by atoms with E-state index in [0.29, 0.717) is 38.4 Å². The first-order valence-electron chi connectivity index (χ1n) is 4.36. The van der Waals surface area contributed by atoms with E-state index in [1.165, 1.54) is 39.2 Å². The summed E-state index contributed by atoms with van der Waals surface area (Å²) in [4.78, 5) is 0. The number of hydrogen-bond donors (Lipinski definition) is 1. The Bertz CT molecular complexity index is 70.7. The fraction of sp³-hybridized carbons (Fsp3) is 1.00. The van der Waals surface area contributed by atoms with Crippen molar-refractivity contribution in [2.75, 3.05) is 20.0 Å². The molecule has 0 rings (SSSR count). The summed E-state index contributed by atoms with van der Waals surface area (Å²) in [6, 6.07) is 0. The molecule has 0 aliphatic heterocycles. The maximum atomic E-state index is 3.54. The Morgan fingerprint density at radius 2 is 2.08 bits per heavy atom. The van der Waals surface area contributed by atoms with Crippen molar-refractivity contribution >= 4 is 18.6 Å². The predicted octanol–water partition coefficient (Wildman–Crippen LogP) is -3.75. The maximum absolute atomic E-state index is 3.54. The normalized spacial score (nSPS) is 11.2. The molecule has 0 spiro atoms. The van der Waals surface area contributed by atoms with Crippen LogP contribution in [0.5, 0.6) is 0 Å². The first-order chi connectivity index (χ1) is 5.91. The standard InChI is InChI=1S/C8H18I3N/c1-2-5-10-8-12-7-4-3-6-11-9/h12H,2-8H2,1H3/q-2. The fourth-order valence-electron chi connectivity index (χ4n) is 0.729. The van der Waals surface area contributed by atoms with E-state index >= 15 is 0 Å². The van der Waals surface area contributed by atoms with E-state index in [1.807, 2.05) is 0 Å². The molecule has 0 heterocycles. The van der Waals surface area contributed by atoms with Crippen LogP contribution >= 0.6 is 18.6 Å². The molecular formula is C8H18I3N-2. The topological polar surface area (TPSA) is 12.0 Å². The van der Waals surface area contributed by atoms with Gasteiger partial charge in [-0.2, -0.15) is 0 Å². The van der Waals surface area contributed by atoms with Gasteiger partial charge < -0.3 is 0 Å². The van der Waals surface area contributed by atoms with Gasteiger partial charge in [-0.15, -0.1) is 0 Å². The third-order valence-electron chi connectivity index (χ3n) is 1.32. The molecule has 0 unspecified atom stereocenters. The van der Waals surface area contributed by atoms with Crippen molar-refractivity contribution < 1.29 is 38.4 Å². The van der Waals surface area contributed by atoms with Gasteiger partial charge in [-0.1, -0.05) is 0 Å². The van der Waals surface area contributed by atoms with Gasteiger partial charge in [0.15, 0.2) is 0 Å². The Balaban J connectivity index is 2.73. The molecule has 0 saturated heterocycles. The molecular weight excluding hydrogens is 491 g/mol. The van der Waals surface area contributed by atoms with Crippen molar-refractivity contribution in [1.82, 2.24) is 5.32 Å². The van der Waals surface area contributed by atoms with Crippen molar-refractivity contribution in [2.24, 2.45) is 0 Å². The zero-order chi connectivity index (χ0) is 9.07. The number of alkyl halides is 3. The van der Waals surface area contributed by atoms with E-state index in [0.717, 1.165) is 0 Å². The zero-order valence-corrected chi connectivity index (χ0v) is 14.1. The summed E-state index contributed by atoms with van der Waals surface area (Å²) in [7, 11) is 0. The van der Waals surface area contributed by atoms with Crippen LogP contribution in [0.2, 0.25) is 0 Å². The summed E-state index contributed by atoms with van der Waals surface area (Å²) in [6.07, 6.45) is 4.24. The second kappa shape index (κ2) is 13.2. The van der Waals surface area contributed by atoms with E-state index in [2.05, 4.69) is 30.9 Å². The van der Waals surface area contributed by atoms with Crippen molar-refractivity contribution in [2.45, 2.75) is 26.2 Å². The second-order valence-electron chi connectivity index (χ2n) is 2.51. The molecule has 0 aromatic heterocycles. The van der Waals surface area contributed by atoms with Crippen LogP contribution in [0.1, 0.15) is 26.2 Å². The minimum absolute atomic E-state index is 0.493. The van der Waals surface area contributed by atoms with Crippen LogP contribution in [0.25, 0.3) is 0 Å². The van der Waals surface area contributed by atoms with Gasteiger partial charge in [0.1, 0.15) is 0 Å². The molecule has 1 N–H and O–H groups in total. The van der Waals surface area contributed by atoms with Crippen LogP contribution in [0, 0.1) is 0 Å². The molecule has 12 heavy (non-hydrogen) atoms. The Kier molecular flexibility index (Phi) is 15.5. The van der Waals surface area contributed by atoms with E-state index in [-0.39, 0.29) is 0 Å². The first kappa shape index (κ1) is 14.2. The van der Waals surface area contributed by atoms with Gasteiger partial charge in [0.05, 0.1) is 0 Å². The van der Waals surface area contributed by atoms with Crippen LogP contribution in [-0.4, -0.2) is 20.0 Å². The summed E-state index contributed by atoms with van der Waals surface area (Å²) >= 11 is 3.58. The van der Waals surface area contributed by atoms with Crippen LogP contribution in [0.15, 0.2) is 0 Å². The van der Waals surface area contributed by atoms with Crippen LogP contribution < -0.4 is 43.8 Å². The van der Waals surface area contributed by atoms with Gasteiger partial charge in [0, 0.05) is 0 Å². The van der Waals surface area contributed by atoms with E-state index in [9.17, 15) is 0 Å². The van der Waals surface area contributed by atoms with Gasteiger partial charge in [-0.3, -0.25) is 0 Å². The van der Waals surface area contributed by atoms with Crippen LogP contribution in [-0.2, 0) is 0 Å². The fourth-order valence-corrected chi connectivity index (χ4v) is 5.40. The molecule has 0 amide bonds. The van der Waals surface area contributed by atoms with Crippen LogP contribution in [0.3, 0.4) is 0 Å². The van der Waals surface area contributed by atoms with E-state index in [1.54, 1.807) is 0 Å². The quantitative estimate of drug-likeness (QED) is 0.146. The van der Waals surface area contributed by atoms with Gasteiger partial charge in [-0.25, -0.2) is 0 Å². The number of rotatable bonds is 9. The average molecular weight is 509 g/mol. The number of halogens is 3. The average Bonchev–Trinajstić information content (AvgIpc) is 2.10. The van der Waals surface area contributed by atoms with Crippen molar-refractivity contribution in [3.8, 4) is 0 Å². The Hall–Kier alpha value is 2.15. The molecule has 0 aliphatic carbocycles. The zero-order valence-electron chi connectivity index (χ0n) is 7.58. The van der Waals surface area contributed by atoms with Gasteiger partial charge >= 0.3 is 109 Å². The molecule has 1 nitrogen and oxygen atoms in total. The number of nitrogens with one attached hydrogen (secondary N) is 1. The van der Waals surface area contributed by atoms with E-state index in [4.69, 9.17) is 0 Å². The SMILES string of the molecule is CCC[I-]CNCCCC[I-]I. The molecule has 78 valence electrons. The van der Waals surface area contributed by atoms with Crippen molar-refractivity contribution in [3.05, 3.63) is 0 Å². The first-order valence-corrected chi connectivity index (χ1v) is 15.2. The van der Waals surface area contributed by atoms with Gasteiger partial charge in [-0.05, 0) is 0 Å². The second-order valence-corrected chi connectivity index (χ2v) is 11.0. The molecule has 0 saturated carbocycles. The van der Waals surface area contributed by atoms with Crippen LogP contribution in [0.4, 0.5) is 0 Å². The summed E-state index contributed by atoms with van der Waals surface area (Å²) in [6.45, 7) is 3.55. The molecule has 0 radical (unpaired) electrons. The summed E-state index contributed by atoms with van der Waals surface area (Å²) in [5, 5.41) is 3.54. The molecule has 4 heteroatoms. The molecule has 0 aromatic rings. The van der Waals surface area contributed by atoms with Crippen molar-refractivity contribution in [3.63, 3.8) is 0 Å². The summed E-state index contributed by atoms with van der Waals surface area (Å²) in [5.41, 5.74) is 0. The molecule has 0 bridgehead atoms. The molecule has 0 aromatic carbocycles. The van der Waals surface area contributed by atoms with Gasteiger partial charge in [0.25, 0.3) is 0 Å². The molecule has 0 atom stereocenters. The molecule has 0 fully saturated rings. The number of unbranched alkanes of at least 4 members (excludes halogenated alkanes) is 1. The summed E-state index contributed by atoms with van der Waals surface area (Å²) < 4.78 is 4.34. The summed E-state index contributed by atoms with van der Waals surface area (Å²) in [5.74, 6) is 0. The Morgan fingerprint density at radius 1 is 1.25 bits per heavy atom. The number of hydrogen-bond acceptors (Lipinski definition) is 1. The third-order valence-corrected chi connectivity index (χ3v) is 8.15. The van der Waals surface area contributed by atoms with E-state index < -0.39 is 0 Å². The Morgan fingerprint density at radius 3 is 2.75 bits per heavy atom. The Labute approximate surface area is 107 Å². The third kappa shape index (κ3) is 12.2. The monoisotopic (exact) mass is 509 g/mol. The van der Waals surface area contributed by atoms with Gasteiger partial charge in [0.2, 0.25) is 0 Å². The predicted molar refractivity (Wildman–Crippen MR) is 56.1 cm³/mol. The molecule has 0 aliphatic rings. The van der Waals surface area contributed by atoms with Crippen molar-refractivity contribution in [1.29, 1.82) is 0 Å². The minimum atomic E-state index is 0.493.